The molecule has 4 N–H and O–H groups in total. The fourth-order valence-corrected chi connectivity index (χ4v) is 1.16. The number of ether oxygens (including phenoxy) is 1. The van der Waals surface area contributed by atoms with Gasteiger partial charge in [0, 0.05) is 6.54 Å². The lowest BCUT2D eigenvalue weighted by atomic mass is 10.1. The number of aromatic nitrogens is 1. The van der Waals surface area contributed by atoms with E-state index in [2.05, 4.69) is 9.72 Å². The van der Waals surface area contributed by atoms with Gasteiger partial charge in [-0.15, -0.1) is 0 Å². The Morgan fingerprint density at radius 2 is 2.25 bits per heavy atom. The van der Waals surface area contributed by atoms with Crippen molar-refractivity contribution < 1.29 is 19.7 Å². The van der Waals surface area contributed by atoms with Gasteiger partial charge < -0.3 is 20.7 Å². The molecule has 0 saturated carbocycles. The molecular weight excluding hydrogens is 212 g/mol. The summed E-state index contributed by atoms with van der Waals surface area (Å²) in [5.74, 6) is -0.601. The standard InChI is InChI=1S/C10H14N2O4/c1-16-10(15)7-4-2-3-6(12-7)9(14)8(13)5-11/h2-4,8-9,13-14H,5,11H2,1H3. The van der Waals surface area contributed by atoms with Gasteiger partial charge in [0.25, 0.3) is 0 Å². The van der Waals surface area contributed by atoms with Crippen LogP contribution in [-0.2, 0) is 4.74 Å². The number of aliphatic hydroxyl groups excluding tert-OH is 2. The lowest BCUT2D eigenvalue weighted by Crippen LogP contribution is -2.28. The van der Waals surface area contributed by atoms with Gasteiger partial charge in [-0.05, 0) is 12.1 Å². The van der Waals surface area contributed by atoms with E-state index >= 15 is 0 Å². The van der Waals surface area contributed by atoms with E-state index in [1.54, 1.807) is 6.07 Å². The summed E-state index contributed by atoms with van der Waals surface area (Å²) in [6.45, 7) is -0.0920. The van der Waals surface area contributed by atoms with Crippen molar-refractivity contribution in [1.29, 1.82) is 0 Å². The minimum Gasteiger partial charge on any atom is -0.464 e. The van der Waals surface area contributed by atoms with Gasteiger partial charge in [0.15, 0.2) is 0 Å². The van der Waals surface area contributed by atoms with Crippen LogP contribution in [0.4, 0.5) is 0 Å². The third-order valence-electron chi connectivity index (χ3n) is 2.07. The normalized spacial score (nSPS) is 14.2. The van der Waals surface area contributed by atoms with E-state index in [-0.39, 0.29) is 17.9 Å². The highest BCUT2D eigenvalue weighted by molar-refractivity contribution is 5.87. The van der Waals surface area contributed by atoms with Crippen molar-refractivity contribution in [3.8, 4) is 0 Å². The molecule has 1 heterocycles. The smallest absolute Gasteiger partial charge is 0.356 e. The molecule has 0 aliphatic heterocycles. The molecule has 0 aromatic carbocycles. The summed E-state index contributed by atoms with van der Waals surface area (Å²) < 4.78 is 4.49. The monoisotopic (exact) mass is 226 g/mol. The molecule has 0 aliphatic rings. The van der Waals surface area contributed by atoms with Crippen LogP contribution in [0.5, 0.6) is 0 Å². The average Bonchev–Trinajstić information content (AvgIpc) is 2.36. The molecule has 0 amide bonds. The van der Waals surface area contributed by atoms with E-state index in [0.29, 0.717) is 0 Å². The largest absolute Gasteiger partial charge is 0.464 e. The van der Waals surface area contributed by atoms with E-state index in [1.165, 1.54) is 19.2 Å². The Kier molecular flexibility index (Phi) is 4.36. The number of nitrogens with two attached hydrogens (primary N) is 1. The van der Waals surface area contributed by atoms with Gasteiger partial charge in [-0.2, -0.15) is 0 Å². The first-order valence-electron chi connectivity index (χ1n) is 4.71. The summed E-state index contributed by atoms with van der Waals surface area (Å²) in [4.78, 5) is 15.0. The molecule has 0 bridgehead atoms. The molecule has 1 aromatic heterocycles. The first kappa shape index (κ1) is 12.6. The number of aliphatic hydroxyl groups is 2. The lowest BCUT2D eigenvalue weighted by Gasteiger charge is -2.15. The van der Waals surface area contributed by atoms with E-state index < -0.39 is 18.2 Å². The van der Waals surface area contributed by atoms with Gasteiger partial charge in [-0.3, -0.25) is 0 Å². The second-order valence-corrected chi connectivity index (χ2v) is 3.19. The topological polar surface area (TPSA) is 106 Å². The van der Waals surface area contributed by atoms with Gasteiger partial charge in [-0.25, -0.2) is 9.78 Å². The summed E-state index contributed by atoms with van der Waals surface area (Å²) in [7, 11) is 1.24. The van der Waals surface area contributed by atoms with Crippen molar-refractivity contribution in [3.63, 3.8) is 0 Å². The highest BCUT2D eigenvalue weighted by Crippen LogP contribution is 2.14. The predicted octanol–water partition coefficient (Wildman–Crippen LogP) is -0.779. The molecule has 0 fully saturated rings. The summed E-state index contributed by atoms with van der Waals surface area (Å²) in [5, 5.41) is 19.0. The molecule has 6 heteroatoms. The zero-order chi connectivity index (χ0) is 12.1. The molecule has 6 nitrogen and oxygen atoms in total. The number of rotatable bonds is 4. The molecule has 2 unspecified atom stereocenters. The maximum atomic E-state index is 11.2. The summed E-state index contributed by atoms with van der Waals surface area (Å²) >= 11 is 0. The summed E-state index contributed by atoms with van der Waals surface area (Å²) in [6.07, 6.45) is -2.32. The number of nitrogens with zero attached hydrogens (tertiary/aromatic N) is 1. The number of methoxy groups -OCH3 is 1. The number of carbonyl (C=O) groups is 1. The number of esters is 1. The van der Waals surface area contributed by atoms with E-state index in [4.69, 9.17) is 5.73 Å². The molecule has 16 heavy (non-hydrogen) atoms. The Morgan fingerprint density at radius 3 is 2.81 bits per heavy atom. The Hall–Kier alpha value is -1.50. The van der Waals surface area contributed by atoms with Gasteiger partial charge >= 0.3 is 5.97 Å². The van der Waals surface area contributed by atoms with Crippen molar-refractivity contribution in [2.75, 3.05) is 13.7 Å². The fourth-order valence-electron chi connectivity index (χ4n) is 1.16. The Balaban J connectivity index is 2.94. The highest BCUT2D eigenvalue weighted by Gasteiger charge is 2.19. The lowest BCUT2D eigenvalue weighted by molar-refractivity contribution is 0.0214. The van der Waals surface area contributed by atoms with Crippen LogP contribution in [-0.4, -0.2) is 40.9 Å². The minimum absolute atomic E-state index is 0.0725. The molecule has 1 rings (SSSR count). The highest BCUT2D eigenvalue weighted by atomic mass is 16.5. The van der Waals surface area contributed by atoms with Crippen LogP contribution in [0.1, 0.15) is 22.3 Å². The molecule has 88 valence electrons. The molecule has 0 radical (unpaired) electrons. The third-order valence-corrected chi connectivity index (χ3v) is 2.07. The molecule has 0 saturated heterocycles. The van der Waals surface area contributed by atoms with Gasteiger partial charge in [0.05, 0.1) is 18.9 Å². The van der Waals surface area contributed by atoms with Crippen LogP contribution < -0.4 is 5.73 Å². The number of hydrogen-bond donors (Lipinski definition) is 3. The van der Waals surface area contributed by atoms with E-state index in [1.807, 2.05) is 0 Å². The van der Waals surface area contributed by atoms with E-state index in [9.17, 15) is 15.0 Å². The molecular formula is C10H14N2O4. The first-order valence-corrected chi connectivity index (χ1v) is 4.71. The van der Waals surface area contributed by atoms with Crippen molar-refractivity contribution in [2.45, 2.75) is 12.2 Å². The zero-order valence-corrected chi connectivity index (χ0v) is 8.83. The Labute approximate surface area is 92.7 Å². The second kappa shape index (κ2) is 5.55. The third kappa shape index (κ3) is 2.75. The van der Waals surface area contributed by atoms with Crippen molar-refractivity contribution in [1.82, 2.24) is 4.98 Å². The molecule has 0 aliphatic carbocycles. The summed E-state index contributed by atoms with van der Waals surface area (Å²) in [5.41, 5.74) is 5.46. The molecule has 0 spiro atoms. The quantitative estimate of drug-likeness (QED) is 0.582. The first-order chi connectivity index (χ1) is 7.60. The van der Waals surface area contributed by atoms with Crippen molar-refractivity contribution >= 4 is 5.97 Å². The second-order valence-electron chi connectivity index (χ2n) is 3.19. The molecule has 2 atom stereocenters. The average molecular weight is 226 g/mol. The Bertz CT molecular complexity index is 370. The fraction of sp³-hybridized carbons (Fsp3) is 0.400. The van der Waals surface area contributed by atoms with Crippen LogP contribution in [0.15, 0.2) is 18.2 Å². The van der Waals surface area contributed by atoms with Gasteiger partial charge in [0.1, 0.15) is 11.8 Å². The van der Waals surface area contributed by atoms with E-state index in [0.717, 1.165) is 0 Å². The summed E-state index contributed by atoms with van der Waals surface area (Å²) in [6, 6.07) is 4.49. The molecule has 1 aromatic rings. The van der Waals surface area contributed by atoms with Gasteiger partial charge in [0.2, 0.25) is 0 Å². The van der Waals surface area contributed by atoms with Crippen LogP contribution in [0.25, 0.3) is 0 Å². The zero-order valence-electron chi connectivity index (χ0n) is 8.83. The maximum Gasteiger partial charge on any atom is 0.356 e. The SMILES string of the molecule is COC(=O)c1cccc(C(O)C(O)CN)n1. The number of pyridine rings is 1. The maximum absolute atomic E-state index is 11.2. The minimum atomic E-state index is -1.21. The number of hydrogen-bond acceptors (Lipinski definition) is 6. The van der Waals surface area contributed by atoms with Crippen LogP contribution in [0, 0.1) is 0 Å². The number of carbonyl (C=O) groups excluding carboxylic acids is 1. The van der Waals surface area contributed by atoms with Crippen molar-refractivity contribution in [2.24, 2.45) is 5.73 Å². The van der Waals surface area contributed by atoms with Crippen LogP contribution >= 0.6 is 0 Å². The van der Waals surface area contributed by atoms with Crippen LogP contribution in [0.2, 0.25) is 0 Å². The van der Waals surface area contributed by atoms with Crippen molar-refractivity contribution in [3.05, 3.63) is 29.6 Å². The van der Waals surface area contributed by atoms with Crippen LogP contribution in [0.3, 0.4) is 0 Å². The van der Waals surface area contributed by atoms with Gasteiger partial charge in [-0.1, -0.05) is 6.07 Å². The Morgan fingerprint density at radius 1 is 1.56 bits per heavy atom. The predicted molar refractivity (Wildman–Crippen MR) is 55.6 cm³/mol.